The number of benzene rings is 2. The van der Waals surface area contributed by atoms with Crippen LogP contribution in [-0.2, 0) is 4.79 Å². The number of hydrogen-bond donors (Lipinski definition) is 2. The highest BCUT2D eigenvalue weighted by Crippen LogP contribution is 2.49. The second-order valence-corrected chi connectivity index (χ2v) is 8.04. The highest BCUT2D eigenvalue weighted by atomic mass is 19.4. The van der Waals surface area contributed by atoms with E-state index in [4.69, 9.17) is 5.73 Å². The largest absolute Gasteiger partial charge is 0.471 e. The molecule has 2 aliphatic rings. The SMILES string of the molecule is Cc1cccc2c1C1CC(NC(=O)C(F)(F)F)CCN1c1ccc(C(N)=O)cc1N2C. The standard InChI is InChI=1S/C22H23F3N4O2/c1-12-4-3-5-16-19(12)18-11-14(27-21(31)22(23,24)25)8-9-29(18)15-7-6-13(20(26)30)10-17(15)28(16)2/h3-7,10,14,18H,8-9,11H2,1-2H3,(H2,26,30)(H,27,31). The lowest BCUT2D eigenvalue weighted by atomic mass is 9.88. The van der Waals surface area contributed by atoms with Crippen molar-refractivity contribution in [2.75, 3.05) is 23.4 Å². The molecule has 164 valence electrons. The van der Waals surface area contributed by atoms with E-state index in [1.54, 1.807) is 12.1 Å². The number of nitrogens with one attached hydrogen (secondary N) is 1. The van der Waals surface area contributed by atoms with Gasteiger partial charge in [0.1, 0.15) is 0 Å². The van der Waals surface area contributed by atoms with Crippen molar-refractivity contribution in [3.05, 3.63) is 53.1 Å². The molecule has 9 heteroatoms. The van der Waals surface area contributed by atoms with Crippen LogP contribution in [0.1, 0.15) is 40.4 Å². The Morgan fingerprint density at radius 2 is 1.87 bits per heavy atom. The molecule has 2 atom stereocenters. The Morgan fingerprint density at radius 3 is 2.55 bits per heavy atom. The van der Waals surface area contributed by atoms with Gasteiger partial charge in [-0.15, -0.1) is 0 Å². The quantitative estimate of drug-likeness (QED) is 0.761. The van der Waals surface area contributed by atoms with Crippen LogP contribution in [0.5, 0.6) is 0 Å². The minimum absolute atomic E-state index is 0.230. The first kappa shape index (κ1) is 21.0. The van der Waals surface area contributed by atoms with Crippen molar-refractivity contribution in [1.82, 2.24) is 5.32 Å². The number of fused-ring (bicyclic) bond motifs is 5. The summed E-state index contributed by atoms with van der Waals surface area (Å²) >= 11 is 0. The predicted molar refractivity (Wildman–Crippen MR) is 112 cm³/mol. The van der Waals surface area contributed by atoms with Crippen LogP contribution in [-0.4, -0.2) is 37.6 Å². The van der Waals surface area contributed by atoms with Crippen molar-refractivity contribution >= 4 is 28.9 Å². The van der Waals surface area contributed by atoms with E-state index in [1.807, 2.05) is 43.1 Å². The fourth-order valence-electron chi connectivity index (χ4n) is 4.63. The van der Waals surface area contributed by atoms with Crippen molar-refractivity contribution in [3.8, 4) is 0 Å². The molecule has 2 heterocycles. The van der Waals surface area contributed by atoms with E-state index in [9.17, 15) is 22.8 Å². The van der Waals surface area contributed by atoms with E-state index in [0.29, 0.717) is 24.9 Å². The van der Waals surface area contributed by atoms with Gasteiger partial charge in [0.15, 0.2) is 0 Å². The Morgan fingerprint density at radius 1 is 1.13 bits per heavy atom. The van der Waals surface area contributed by atoms with Crippen LogP contribution in [0, 0.1) is 6.92 Å². The lowest BCUT2D eigenvalue weighted by Crippen LogP contribution is -2.49. The molecule has 0 aromatic heterocycles. The number of alkyl halides is 3. The molecule has 1 saturated heterocycles. The van der Waals surface area contributed by atoms with Gasteiger partial charge < -0.3 is 20.9 Å². The highest BCUT2D eigenvalue weighted by molar-refractivity contribution is 5.96. The number of nitrogens with zero attached hydrogens (tertiary/aromatic N) is 2. The molecule has 4 rings (SSSR count). The fourth-order valence-corrected chi connectivity index (χ4v) is 4.63. The average Bonchev–Trinajstić information content (AvgIpc) is 2.81. The molecule has 1 fully saturated rings. The average molecular weight is 432 g/mol. The van der Waals surface area contributed by atoms with E-state index in [1.165, 1.54) is 0 Å². The molecular weight excluding hydrogens is 409 g/mol. The highest BCUT2D eigenvalue weighted by Gasteiger charge is 2.42. The molecule has 3 N–H and O–H groups in total. The molecule has 0 spiro atoms. The Bertz CT molecular complexity index is 1050. The fraction of sp³-hybridized carbons (Fsp3) is 0.364. The van der Waals surface area contributed by atoms with Crippen molar-refractivity contribution in [2.45, 2.75) is 38.0 Å². The van der Waals surface area contributed by atoms with Gasteiger partial charge in [-0.1, -0.05) is 12.1 Å². The Balaban J connectivity index is 1.79. The molecule has 6 nitrogen and oxygen atoms in total. The predicted octanol–water partition coefficient (Wildman–Crippen LogP) is 3.56. The second kappa shape index (κ2) is 7.47. The van der Waals surface area contributed by atoms with Crippen molar-refractivity contribution < 1.29 is 22.8 Å². The number of primary amides is 1. The van der Waals surface area contributed by atoms with Crippen LogP contribution in [0.2, 0.25) is 0 Å². The summed E-state index contributed by atoms with van der Waals surface area (Å²) < 4.78 is 38.4. The van der Waals surface area contributed by atoms with Crippen LogP contribution in [0.25, 0.3) is 0 Å². The van der Waals surface area contributed by atoms with Crippen molar-refractivity contribution in [2.24, 2.45) is 5.73 Å². The Hall–Kier alpha value is -3.23. The van der Waals surface area contributed by atoms with Gasteiger partial charge >= 0.3 is 12.1 Å². The third-order valence-corrected chi connectivity index (χ3v) is 6.12. The summed E-state index contributed by atoms with van der Waals surface area (Å²) in [5.41, 5.74) is 10.4. The molecule has 0 saturated carbocycles. The molecule has 2 unspecified atom stereocenters. The maximum Gasteiger partial charge on any atom is 0.471 e. The smallest absolute Gasteiger partial charge is 0.366 e. The number of carbonyl (C=O) groups is 2. The van der Waals surface area contributed by atoms with Crippen molar-refractivity contribution in [3.63, 3.8) is 0 Å². The number of piperidine rings is 1. The summed E-state index contributed by atoms with van der Waals surface area (Å²) in [6.45, 7) is 2.42. The first-order valence-electron chi connectivity index (χ1n) is 9.99. The number of amides is 2. The molecule has 0 aliphatic carbocycles. The van der Waals surface area contributed by atoms with Crippen LogP contribution in [0.15, 0.2) is 36.4 Å². The van der Waals surface area contributed by atoms with Gasteiger partial charge in [-0.25, -0.2) is 0 Å². The monoisotopic (exact) mass is 432 g/mol. The normalized spacial score (nSPS) is 20.3. The molecule has 2 aromatic carbocycles. The molecule has 2 aliphatic heterocycles. The maximum absolute atomic E-state index is 12.8. The third kappa shape index (κ3) is 3.68. The van der Waals surface area contributed by atoms with E-state index < -0.39 is 24.0 Å². The minimum Gasteiger partial charge on any atom is -0.366 e. The summed E-state index contributed by atoms with van der Waals surface area (Å²) in [5, 5.41) is 2.16. The Labute approximate surface area is 177 Å². The van der Waals surface area contributed by atoms with E-state index in [-0.39, 0.29) is 6.04 Å². The van der Waals surface area contributed by atoms with Crippen molar-refractivity contribution in [1.29, 1.82) is 0 Å². The molecule has 2 aromatic rings. The zero-order valence-electron chi connectivity index (χ0n) is 17.2. The number of nitrogens with two attached hydrogens (primary N) is 1. The first-order valence-corrected chi connectivity index (χ1v) is 9.99. The van der Waals surface area contributed by atoms with Crippen LogP contribution in [0.4, 0.5) is 30.2 Å². The van der Waals surface area contributed by atoms with Gasteiger partial charge in [0.05, 0.1) is 17.4 Å². The van der Waals surface area contributed by atoms with E-state index in [2.05, 4.69) is 10.2 Å². The topological polar surface area (TPSA) is 78.7 Å². The molecule has 0 bridgehead atoms. The number of halogens is 3. The second-order valence-electron chi connectivity index (χ2n) is 8.04. The lowest BCUT2D eigenvalue weighted by Gasteiger charge is -2.41. The summed E-state index contributed by atoms with van der Waals surface area (Å²) in [5.74, 6) is -2.44. The zero-order chi connectivity index (χ0) is 22.5. The Kier molecular flexibility index (Phi) is 5.07. The van der Waals surface area contributed by atoms with Gasteiger partial charge in [0.2, 0.25) is 5.91 Å². The van der Waals surface area contributed by atoms with E-state index >= 15 is 0 Å². The van der Waals surface area contributed by atoms with Gasteiger partial charge in [-0.3, -0.25) is 9.59 Å². The molecule has 31 heavy (non-hydrogen) atoms. The summed E-state index contributed by atoms with van der Waals surface area (Å²) in [4.78, 5) is 27.4. The number of hydrogen-bond acceptors (Lipinski definition) is 4. The van der Waals surface area contributed by atoms with Crippen LogP contribution < -0.4 is 20.9 Å². The third-order valence-electron chi connectivity index (χ3n) is 6.12. The van der Waals surface area contributed by atoms with Gasteiger partial charge in [0, 0.05) is 36.4 Å². The lowest BCUT2D eigenvalue weighted by molar-refractivity contribution is -0.174. The van der Waals surface area contributed by atoms with E-state index in [0.717, 1.165) is 28.2 Å². The minimum atomic E-state index is -4.91. The summed E-state index contributed by atoms with van der Waals surface area (Å²) in [7, 11) is 1.89. The zero-order valence-corrected chi connectivity index (χ0v) is 17.2. The van der Waals surface area contributed by atoms with Crippen LogP contribution >= 0.6 is 0 Å². The molecule has 0 radical (unpaired) electrons. The maximum atomic E-state index is 12.8. The summed E-state index contributed by atoms with van der Waals surface area (Å²) in [6.07, 6.45) is -4.20. The van der Waals surface area contributed by atoms with Gasteiger partial charge in [-0.2, -0.15) is 13.2 Å². The van der Waals surface area contributed by atoms with Gasteiger partial charge in [0.25, 0.3) is 0 Å². The number of aryl methyl sites for hydroxylation is 1. The number of rotatable bonds is 2. The van der Waals surface area contributed by atoms with Gasteiger partial charge in [-0.05, 0) is 49.6 Å². The number of carbonyl (C=O) groups excluding carboxylic acids is 2. The first-order chi connectivity index (χ1) is 14.6. The molecule has 2 amide bonds. The molecular formula is C22H23F3N4O2. The number of anilines is 3. The summed E-state index contributed by atoms with van der Waals surface area (Å²) in [6, 6.07) is 10.2. The van der Waals surface area contributed by atoms with Crippen LogP contribution in [0.3, 0.4) is 0 Å².